The van der Waals surface area contributed by atoms with Crippen LogP contribution in [-0.2, 0) is 0 Å². The minimum atomic E-state index is -0.514. The second kappa shape index (κ2) is 9.18. The molecule has 1 N–H and O–H groups in total. The summed E-state index contributed by atoms with van der Waals surface area (Å²) < 4.78 is 12.1. The molecule has 0 fully saturated rings. The van der Waals surface area contributed by atoms with Gasteiger partial charge in [0.25, 0.3) is 11.6 Å². The van der Waals surface area contributed by atoms with Gasteiger partial charge in [-0.2, -0.15) is 4.98 Å². The first-order valence-electron chi connectivity index (χ1n) is 9.80. The van der Waals surface area contributed by atoms with Gasteiger partial charge in [0.05, 0.1) is 24.8 Å². The zero-order valence-electron chi connectivity index (χ0n) is 17.8. The van der Waals surface area contributed by atoms with E-state index in [1.165, 1.54) is 31.4 Å². The van der Waals surface area contributed by atoms with Crippen molar-refractivity contribution in [1.82, 2.24) is 14.8 Å². The van der Waals surface area contributed by atoms with E-state index in [0.717, 1.165) is 11.3 Å². The van der Waals surface area contributed by atoms with Crippen LogP contribution in [0.2, 0.25) is 0 Å². The van der Waals surface area contributed by atoms with Crippen molar-refractivity contribution in [2.45, 2.75) is 0 Å². The first-order chi connectivity index (χ1) is 16.0. The molecule has 4 rings (SSSR count). The van der Waals surface area contributed by atoms with Gasteiger partial charge in [0.15, 0.2) is 5.82 Å². The number of nitrogens with one attached hydrogen (secondary N) is 1. The van der Waals surface area contributed by atoms with Crippen LogP contribution < -0.4 is 14.8 Å². The number of hydrogen-bond acceptors (Lipinski definition) is 7. The molecule has 0 saturated carbocycles. The molecular formula is C23H19N5O5. The quantitative estimate of drug-likeness (QED) is 0.335. The standard InChI is InChI=1S/C23H19N5O5/c1-32-20-13-5-15(6-14-20)21-25-23(33-2)26-27(21)18-11-7-17(8-12-18)24-22(29)16-3-9-19(10-4-16)28(30)31/h3-14H,1-2H3,(H,24,29). The molecule has 3 aromatic carbocycles. The lowest BCUT2D eigenvalue weighted by atomic mass is 10.2. The van der Waals surface area contributed by atoms with E-state index < -0.39 is 4.92 Å². The van der Waals surface area contributed by atoms with Crippen LogP contribution in [0, 0.1) is 10.1 Å². The van der Waals surface area contributed by atoms with Crippen molar-refractivity contribution in [3.8, 4) is 28.8 Å². The maximum atomic E-state index is 12.4. The number of methoxy groups -OCH3 is 2. The number of anilines is 1. The largest absolute Gasteiger partial charge is 0.497 e. The third-order valence-electron chi connectivity index (χ3n) is 4.83. The maximum absolute atomic E-state index is 12.4. The zero-order chi connectivity index (χ0) is 23.4. The summed E-state index contributed by atoms with van der Waals surface area (Å²) in [6, 6.07) is 20.0. The molecule has 33 heavy (non-hydrogen) atoms. The highest BCUT2D eigenvalue weighted by Crippen LogP contribution is 2.26. The van der Waals surface area contributed by atoms with E-state index in [9.17, 15) is 14.9 Å². The van der Waals surface area contributed by atoms with Gasteiger partial charge in [-0.15, -0.1) is 5.10 Å². The van der Waals surface area contributed by atoms with Gasteiger partial charge in [-0.1, -0.05) is 0 Å². The van der Waals surface area contributed by atoms with E-state index in [2.05, 4.69) is 15.4 Å². The molecule has 0 atom stereocenters. The minimum absolute atomic E-state index is 0.0770. The summed E-state index contributed by atoms with van der Waals surface area (Å²) in [6.45, 7) is 0. The van der Waals surface area contributed by atoms with Gasteiger partial charge in [-0.05, 0) is 60.7 Å². The Hall–Kier alpha value is -4.73. The Morgan fingerprint density at radius 2 is 1.61 bits per heavy atom. The number of carbonyl (C=O) groups excluding carboxylic acids is 1. The number of ether oxygens (including phenoxy) is 2. The lowest BCUT2D eigenvalue weighted by Gasteiger charge is -2.09. The molecule has 0 aliphatic heterocycles. The van der Waals surface area contributed by atoms with Gasteiger partial charge in [-0.3, -0.25) is 14.9 Å². The molecule has 0 aliphatic rings. The van der Waals surface area contributed by atoms with Crippen LogP contribution in [0.5, 0.6) is 11.8 Å². The predicted molar refractivity (Wildman–Crippen MR) is 121 cm³/mol. The minimum Gasteiger partial charge on any atom is -0.497 e. The number of rotatable bonds is 7. The van der Waals surface area contributed by atoms with E-state index in [1.54, 1.807) is 36.1 Å². The molecule has 10 nitrogen and oxygen atoms in total. The van der Waals surface area contributed by atoms with Crippen LogP contribution in [0.1, 0.15) is 10.4 Å². The highest BCUT2D eigenvalue weighted by atomic mass is 16.6. The van der Waals surface area contributed by atoms with Crippen molar-refractivity contribution < 1.29 is 19.2 Å². The summed E-state index contributed by atoms with van der Waals surface area (Å²) in [6.07, 6.45) is 0. The molecule has 0 saturated heterocycles. The molecule has 1 aromatic heterocycles. The number of amides is 1. The number of carbonyl (C=O) groups is 1. The normalized spacial score (nSPS) is 10.5. The summed E-state index contributed by atoms with van der Waals surface area (Å²) >= 11 is 0. The number of benzene rings is 3. The molecule has 1 amide bonds. The van der Waals surface area contributed by atoms with Gasteiger partial charge in [-0.25, -0.2) is 4.68 Å². The van der Waals surface area contributed by atoms with E-state index >= 15 is 0 Å². The van der Waals surface area contributed by atoms with Crippen molar-refractivity contribution in [3.05, 3.63) is 88.5 Å². The second-order valence-corrected chi connectivity index (χ2v) is 6.87. The highest BCUT2D eigenvalue weighted by molar-refractivity contribution is 6.04. The summed E-state index contributed by atoms with van der Waals surface area (Å²) in [5.74, 6) is 0.932. The molecular weight excluding hydrogens is 426 g/mol. The SMILES string of the molecule is COc1ccc(-c2nc(OC)nn2-c2ccc(NC(=O)c3ccc([N+](=O)[O-])cc3)cc2)cc1. The summed E-state index contributed by atoms with van der Waals surface area (Å²) in [7, 11) is 3.09. The molecule has 0 aliphatic carbocycles. The van der Waals surface area contributed by atoms with Gasteiger partial charge in [0.2, 0.25) is 0 Å². The van der Waals surface area contributed by atoms with Gasteiger partial charge >= 0.3 is 6.01 Å². The van der Waals surface area contributed by atoms with Gasteiger partial charge in [0.1, 0.15) is 5.75 Å². The Morgan fingerprint density at radius 3 is 2.18 bits per heavy atom. The fraction of sp³-hybridized carbons (Fsp3) is 0.0870. The Kier molecular flexibility index (Phi) is 5.98. The number of nitrogens with zero attached hydrogens (tertiary/aromatic N) is 4. The third-order valence-corrected chi connectivity index (χ3v) is 4.83. The van der Waals surface area contributed by atoms with E-state index in [-0.39, 0.29) is 17.6 Å². The fourth-order valence-corrected chi connectivity index (χ4v) is 3.11. The molecule has 4 aromatic rings. The van der Waals surface area contributed by atoms with Crippen molar-refractivity contribution in [1.29, 1.82) is 0 Å². The monoisotopic (exact) mass is 445 g/mol. The number of non-ortho nitro benzene ring substituents is 1. The molecule has 0 spiro atoms. The lowest BCUT2D eigenvalue weighted by molar-refractivity contribution is -0.384. The average Bonchev–Trinajstić information content (AvgIpc) is 3.29. The van der Waals surface area contributed by atoms with E-state index in [0.29, 0.717) is 22.8 Å². The van der Waals surface area contributed by atoms with Gasteiger partial charge < -0.3 is 14.8 Å². The Labute approximate surface area is 188 Å². The van der Waals surface area contributed by atoms with Crippen molar-refractivity contribution in [2.24, 2.45) is 0 Å². The van der Waals surface area contributed by atoms with Crippen LogP contribution in [0.15, 0.2) is 72.8 Å². The van der Waals surface area contributed by atoms with Crippen LogP contribution >= 0.6 is 0 Å². The predicted octanol–water partition coefficient (Wildman–Crippen LogP) is 4.11. The second-order valence-electron chi connectivity index (χ2n) is 6.87. The molecule has 1 heterocycles. The lowest BCUT2D eigenvalue weighted by Crippen LogP contribution is -2.12. The van der Waals surface area contributed by atoms with Crippen LogP contribution in [0.25, 0.3) is 17.1 Å². The van der Waals surface area contributed by atoms with E-state index in [1.807, 2.05) is 24.3 Å². The van der Waals surface area contributed by atoms with Crippen LogP contribution in [0.4, 0.5) is 11.4 Å². The highest BCUT2D eigenvalue weighted by Gasteiger charge is 2.15. The molecule has 0 radical (unpaired) electrons. The van der Waals surface area contributed by atoms with Gasteiger partial charge in [0, 0.05) is 28.9 Å². The fourth-order valence-electron chi connectivity index (χ4n) is 3.11. The van der Waals surface area contributed by atoms with Crippen molar-refractivity contribution >= 4 is 17.3 Å². The molecule has 0 bridgehead atoms. The molecule has 0 unspecified atom stereocenters. The van der Waals surface area contributed by atoms with Crippen LogP contribution in [-0.4, -0.2) is 39.8 Å². The maximum Gasteiger partial charge on any atom is 0.336 e. The Morgan fingerprint density at radius 1 is 0.939 bits per heavy atom. The smallest absolute Gasteiger partial charge is 0.336 e. The number of hydrogen-bond donors (Lipinski definition) is 1. The summed E-state index contributed by atoms with van der Waals surface area (Å²) in [5.41, 5.74) is 2.33. The van der Waals surface area contributed by atoms with E-state index in [4.69, 9.17) is 9.47 Å². The topological polar surface area (TPSA) is 121 Å². The summed E-state index contributed by atoms with van der Waals surface area (Å²) in [4.78, 5) is 27.1. The van der Waals surface area contributed by atoms with Crippen LogP contribution in [0.3, 0.4) is 0 Å². The first-order valence-corrected chi connectivity index (χ1v) is 9.80. The number of nitro benzene ring substituents is 1. The Bertz CT molecular complexity index is 1280. The summed E-state index contributed by atoms with van der Waals surface area (Å²) in [5, 5.41) is 17.9. The van der Waals surface area contributed by atoms with Crippen molar-refractivity contribution in [2.75, 3.05) is 19.5 Å². The molecule has 10 heteroatoms. The first kappa shape index (κ1) is 21.5. The average molecular weight is 445 g/mol. The number of aromatic nitrogens is 3. The Balaban J connectivity index is 1.56. The third kappa shape index (κ3) is 4.64. The zero-order valence-corrected chi connectivity index (χ0v) is 17.8. The number of nitro groups is 1. The van der Waals surface area contributed by atoms with Crippen molar-refractivity contribution in [3.63, 3.8) is 0 Å². The molecule has 166 valence electrons.